The van der Waals surface area contributed by atoms with Crippen LogP contribution in [0.1, 0.15) is 19.8 Å². The van der Waals surface area contributed by atoms with E-state index >= 15 is 0 Å². The van der Waals surface area contributed by atoms with Gasteiger partial charge in [-0.15, -0.1) is 24.8 Å². The van der Waals surface area contributed by atoms with E-state index < -0.39 is 11.7 Å². The summed E-state index contributed by atoms with van der Waals surface area (Å²) in [6.07, 6.45) is 2.83. The number of benzene rings is 1. The fraction of sp³-hybridized carbons (Fsp3) is 0.579. The van der Waals surface area contributed by atoms with Gasteiger partial charge < -0.3 is 20.5 Å². The molecule has 1 aromatic carbocycles. The number of anilines is 1. The second-order valence-corrected chi connectivity index (χ2v) is 7.15. The lowest BCUT2D eigenvalue weighted by molar-refractivity contribution is -0.176. The molecule has 29 heavy (non-hydrogen) atoms. The zero-order chi connectivity index (χ0) is 19.3. The minimum Gasteiger partial charge on any atom is -0.477 e. The van der Waals surface area contributed by atoms with Crippen LogP contribution in [-0.4, -0.2) is 78.3 Å². The molecular formula is C19H30Cl2N4O4. The van der Waals surface area contributed by atoms with Crippen LogP contribution in [0.25, 0.3) is 0 Å². The van der Waals surface area contributed by atoms with Gasteiger partial charge in [0, 0.05) is 39.1 Å². The number of halogens is 2. The predicted molar refractivity (Wildman–Crippen MR) is 116 cm³/mol. The first-order valence-electron chi connectivity index (χ1n) is 9.46. The van der Waals surface area contributed by atoms with Crippen LogP contribution in [0.5, 0.6) is 5.75 Å². The highest BCUT2D eigenvalue weighted by Crippen LogP contribution is 2.30. The van der Waals surface area contributed by atoms with Gasteiger partial charge in [-0.25, -0.2) is 4.79 Å². The molecule has 8 nitrogen and oxygen atoms in total. The normalized spacial score (nSPS) is 20.4. The average Bonchev–Trinajstić information content (AvgIpc) is 2.70. The third kappa shape index (κ3) is 5.96. The van der Waals surface area contributed by atoms with Crippen LogP contribution in [0, 0.1) is 0 Å². The number of nitrogens with zero attached hydrogens (tertiary/aromatic N) is 2. The lowest BCUT2D eigenvalue weighted by Crippen LogP contribution is -2.63. The second kappa shape index (κ2) is 11.6. The largest absolute Gasteiger partial charge is 0.477 e. The van der Waals surface area contributed by atoms with Crippen molar-refractivity contribution in [3.8, 4) is 5.75 Å². The average molecular weight is 449 g/mol. The first-order valence-corrected chi connectivity index (χ1v) is 9.46. The molecule has 1 atom stereocenters. The molecule has 0 saturated carbocycles. The Bertz CT molecular complexity index is 667. The van der Waals surface area contributed by atoms with Gasteiger partial charge in [0.05, 0.1) is 5.69 Å². The lowest BCUT2D eigenvalue weighted by atomic mass is 10.0. The van der Waals surface area contributed by atoms with Gasteiger partial charge in [-0.1, -0.05) is 12.1 Å². The topological polar surface area (TPSA) is 94.1 Å². The molecule has 10 heteroatoms. The predicted octanol–water partition coefficient (Wildman–Crippen LogP) is 1.65. The van der Waals surface area contributed by atoms with E-state index in [1.807, 2.05) is 4.90 Å². The Kier molecular flexibility index (Phi) is 10.2. The molecule has 2 fully saturated rings. The van der Waals surface area contributed by atoms with Gasteiger partial charge in [-0.05, 0) is 38.1 Å². The van der Waals surface area contributed by atoms with Crippen LogP contribution in [-0.2, 0) is 9.59 Å². The number of hydrogen-bond acceptors (Lipinski definition) is 6. The number of carbonyl (C=O) groups excluding carboxylic acids is 1. The number of para-hydroxylation sites is 2. The lowest BCUT2D eigenvalue weighted by Gasteiger charge is -2.45. The number of piperidine rings is 1. The fourth-order valence-electron chi connectivity index (χ4n) is 3.88. The zero-order valence-corrected chi connectivity index (χ0v) is 18.1. The molecular weight excluding hydrogens is 419 g/mol. The summed E-state index contributed by atoms with van der Waals surface area (Å²) in [6, 6.07) is 7.43. The van der Waals surface area contributed by atoms with Crippen LogP contribution >= 0.6 is 24.8 Å². The first kappa shape index (κ1) is 25.5. The molecule has 2 saturated heterocycles. The Morgan fingerprint density at radius 2 is 1.83 bits per heavy atom. The van der Waals surface area contributed by atoms with Crippen molar-refractivity contribution in [2.75, 3.05) is 44.6 Å². The maximum absolute atomic E-state index is 12.1. The number of hydrogen-bond donors (Lipinski definition) is 3. The van der Waals surface area contributed by atoms with Crippen molar-refractivity contribution in [1.29, 1.82) is 0 Å². The van der Waals surface area contributed by atoms with E-state index in [-0.39, 0.29) is 24.8 Å². The summed E-state index contributed by atoms with van der Waals surface area (Å²) >= 11 is 0. The summed E-state index contributed by atoms with van der Waals surface area (Å²) in [6.45, 7) is 6.55. The van der Waals surface area contributed by atoms with E-state index in [0.717, 1.165) is 39.0 Å². The number of carboxylic acids is 1. The Hall–Kier alpha value is -1.58. The van der Waals surface area contributed by atoms with Crippen molar-refractivity contribution < 1.29 is 19.4 Å². The highest BCUT2D eigenvalue weighted by Gasteiger charge is 2.44. The highest BCUT2D eigenvalue weighted by molar-refractivity contribution is 5.85. The van der Waals surface area contributed by atoms with Gasteiger partial charge in [0.2, 0.25) is 6.41 Å². The molecule has 164 valence electrons. The smallest absolute Gasteiger partial charge is 0.363 e. The molecule has 1 amide bonds. The van der Waals surface area contributed by atoms with Crippen LogP contribution in [0.2, 0.25) is 0 Å². The summed E-state index contributed by atoms with van der Waals surface area (Å²) in [7, 11) is 0. The van der Waals surface area contributed by atoms with E-state index in [4.69, 9.17) is 4.74 Å². The van der Waals surface area contributed by atoms with Gasteiger partial charge in [0.1, 0.15) is 5.75 Å². The molecule has 2 aliphatic rings. The number of carboxylic acid groups (broad SMARTS) is 1. The Morgan fingerprint density at radius 3 is 2.41 bits per heavy atom. The monoisotopic (exact) mass is 448 g/mol. The van der Waals surface area contributed by atoms with Crippen molar-refractivity contribution in [1.82, 2.24) is 15.1 Å². The van der Waals surface area contributed by atoms with E-state index in [1.165, 1.54) is 0 Å². The number of amides is 1. The molecule has 2 heterocycles. The molecule has 1 aromatic rings. The standard InChI is InChI=1S/C19H28N4O4.2ClH/c1-19(18(25)26,27-17-5-3-2-4-16(17)21-14-24)23-12-10-22(11-13-23)15-6-8-20-9-7-15;;/h2-5,14-15,20H,6-13H2,1H3,(H,21,24)(H,25,26);2*1H. The molecule has 0 aromatic heterocycles. The number of ether oxygens (including phenoxy) is 1. The Morgan fingerprint density at radius 1 is 1.21 bits per heavy atom. The molecule has 3 rings (SSSR count). The molecule has 0 bridgehead atoms. The summed E-state index contributed by atoms with van der Waals surface area (Å²) in [4.78, 5) is 27.2. The van der Waals surface area contributed by atoms with Crippen LogP contribution < -0.4 is 15.4 Å². The van der Waals surface area contributed by atoms with E-state index in [0.29, 0.717) is 37.0 Å². The fourth-order valence-corrected chi connectivity index (χ4v) is 3.88. The van der Waals surface area contributed by atoms with Crippen molar-refractivity contribution in [3.05, 3.63) is 24.3 Å². The quantitative estimate of drug-likeness (QED) is 0.545. The Labute approximate surface area is 183 Å². The third-order valence-corrected chi connectivity index (χ3v) is 5.55. The zero-order valence-electron chi connectivity index (χ0n) is 16.5. The number of nitrogens with one attached hydrogen (secondary N) is 2. The first-order chi connectivity index (χ1) is 13.0. The summed E-state index contributed by atoms with van der Waals surface area (Å²) < 4.78 is 5.94. The number of rotatable bonds is 7. The molecule has 1 unspecified atom stereocenters. The Balaban J connectivity index is 0.00000210. The van der Waals surface area contributed by atoms with Crippen molar-refractivity contribution in [2.45, 2.75) is 31.5 Å². The molecule has 0 spiro atoms. The van der Waals surface area contributed by atoms with Gasteiger partial charge in [-0.2, -0.15) is 0 Å². The SMILES string of the molecule is CC(Oc1ccccc1NC=O)(C(=O)O)N1CCN(C2CCNCC2)CC1.Cl.Cl. The summed E-state index contributed by atoms with van der Waals surface area (Å²) in [5, 5.41) is 15.8. The van der Waals surface area contributed by atoms with Crippen LogP contribution in [0.15, 0.2) is 24.3 Å². The van der Waals surface area contributed by atoms with Gasteiger partial charge in [0.25, 0.3) is 5.72 Å². The van der Waals surface area contributed by atoms with Crippen LogP contribution in [0.4, 0.5) is 5.69 Å². The maximum atomic E-state index is 12.1. The molecule has 0 radical (unpaired) electrons. The minimum atomic E-state index is -1.50. The van der Waals surface area contributed by atoms with Gasteiger partial charge >= 0.3 is 5.97 Å². The minimum absolute atomic E-state index is 0. The van der Waals surface area contributed by atoms with Crippen molar-refractivity contribution >= 4 is 42.9 Å². The van der Waals surface area contributed by atoms with E-state index in [9.17, 15) is 14.7 Å². The number of carbonyl (C=O) groups is 2. The number of piperazine rings is 1. The summed E-state index contributed by atoms with van der Waals surface area (Å²) in [5.74, 6) is -0.700. The summed E-state index contributed by atoms with van der Waals surface area (Å²) in [5.41, 5.74) is -1.05. The molecule has 0 aliphatic carbocycles. The third-order valence-electron chi connectivity index (χ3n) is 5.55. The van der Waals surface area contributed by atoms with Crippen LogP contribution in [0.3, 0.4) is 0 Å². The second-order valence-electron chi connectivity index (χ2n) is 7.15. The van der Waals surface area contributed by atoms with Gasteiger partial charge in [-0.3, -0.25) is 14.6 Å². The molecule has 2 aliphatic heterocycles. The van der Waals surface area contributed by atoms with E-state index in [2.05, 4.69) is 15.5 Å². The highest BCUT2D eigenvalue weighted by atomic mass is 35.5. The molecule has 3 N–H and O–H groups in total. The maximum Gasteiger partial charge on any atom is 0.363 e. The van der Waals surface area contributed by atoms with Gasteiger partial charge in [0.15, 0.2) is 0 Å². The van der Waals surface area contributed by atoms with E-state index in [1.54, 1.807) is 31.2 Å². The van der Waals surface area contributed by atoms with Crippen molar-refractivity contribution in [2.24, 2.45) is 0 Å². The number of aliphatic carboxylic acids is 1. The van der Waals surface area contributed by atoms with Crippen molar-refractivity contribution in [3.63, 3.8) is 0 Å².